The van der Waals surface area contributed by atoms with E-state index in [1.165, 1.54) is 25.3 Å². The molecule has 0 bridgehead atoms. The number of hydrogen-bond acceptors (Lipinski definition) is 8. The summed E-state index contributed by atoms with van der Waals surface area (Å²) >= 11 is 0. The maximum atomic E-state index is 14.5. The van der Waals surface area contributed by atoms with Gasteiger partial charge >= 0.3 is 6.03 Å². The molecule has 0 spiro atoms. The number of urea groups is 1. The third kappa shape index (κ3) is 6.27. The number of fused-ring (bicyclic) bond motifs is 1. The summed E-state index contributed by atoms with van der Waals surface area (Å²) in [7, 11) is 0. The highest BCUT2D eigenvalue weighted by molar-refractivity contribution is 6.00. The van der Waals surface area contributed by atoms with Crippen LogP contribution in [0.25, 0.3) is 33.5 Å². The van der Waals surface area contributed by atoms with Crippen molar-refractivity contribution >= 4 is 45.9 Å². The Morgan fingerprint density at radius 3 is 2.34 bits per heavy atom. The Kier molecular flexibility index (Phi) is 8.02. The van der Waals surface area contributed by atoms with Crippen molar-refractivity contribution in [3.8, 4) is 22.5 Å². The molecule has 0 saturated carbocycles. The molecular weight excluding hydrogens is 570 g/mol. The molecule has 0 atom stereocenters. The molecule has 3 aromatic heterocycles. The lowest BCUT2D eigenvalue weighted by Gasteiger charge is -2.28. The number of nitrogens with zero attached hydrogens (tertiary/aromatic N) is 5. The first-order valence-electron chi connectivity index (χ1n) is 13.7. The number of aromatic nitrogens is 4. The average molecular weight is 597 g/mol. The van der Waals surface area contributed by atoms with Gasteiger partial charge in [-0.25, -0.2) is 24.1 Å². The highest BCUT2D eigenvalue weighted by Gasteiger charge is 2.20. The van der Waals surface area contributed by atoms with E-state index < -0.39 is 23.7 Å². The van der Waals surface area contributed by atoms with Crippen molar-refractivity contribution in [2.45, 2.75) is 6.92 Å². The van der Waals surface area contributed by atoms with Gasteiger partial charge in [0.15, 0.2) is 11.6 Å². The van der Waals surface area contributed by atoms with Gasteiger partial charge in [0.25, 0.3) is 0 Å². The molecular formula is C31H26F2N8O3. The fraction of sp³-hybridized carbons (Fsp3) is 0.161. The van der Waals surface area contributed by atoms with E-state index in [1.54, 1.807) is 48.7 Å². The van der Waals surface area contributed by atoms with Crippen LogP contribution in [0.1, 0.15) is 6.92 Å². The number of hydrogen-bond donors (Lipinski definition) is 3. The maximum Gasteiger partial charge on any atom is 0.323 e. The number of rotatable bonds is 6. The van der Waals surface area contributed by atoms with Crippen molar-refractivity contribution in [2.75, 3.05) is 47.2 Å². The third-order valence-corrected chi connectivity index (χ3v) is 6.84. The molecule has 0 radical (unpaired) electrons. The quantitative estimate of drug-likeness (QED) is 0.220. The number of carbonyl (C=O) groups excluding carboxylic acids is 2. The molecule has 3 amide bonds. The molecule has 11 nitrogen and oxygen atoms in total. The first kappa shape index (κ1) is 28.6. The monoisotopic (exact) mass is 596 g/mol. The van der Waals surface area contributed by atoms with Crippen molar-refractivity contribution < 1.29 is 23.1 Å². The Morgan fingerprint density at radius 1 is 0.864 bits per heavy atom. The predicted octanol–water partition coefficient (Wildman–Crippen LogP) is 5.47. The van der Waals surface area contributed by atoms with Crippen LogP contribution in [0.4, 0.5) is 36.5 Å². The van der Waals surface area contributed by atoms with Gasteiger partial charge in [-0.1, -0.05) is 0 Å². The van der Waals surface area contributed by atoms with E-state index in [9.17, 15) is 18.4 Å². The molecule has 4 heterocycles. The van der Waals surface area contributed by atoms with Crippen LogP contribution < -0.4 is 20.9 Å². The Hall–Kier alpha value is -5.56. The van der Waals surface area contributed by atoms with Crippen LogP contribution in [-0.2, 0) is 9.53 Å². The van der Waals surface area contributed by atoms with Crippen molar-refractivity contribution in [3.63, 3.8) is 0 Å². The minimum absolute atomic E-state index is 0.0166. The lowest BCUT2D eigenvalue weighted by atomic mass is 10.1. The fourth-order valence-corrected chi connectivity index (χ4v) is 4.76. The van der Waals surface area contributed by atoms with Gasteiger partial charge < -0.3 is 25.6 Å². The van der Waals surface area contributed by atoms with Crippen LogP contribution in [0.2, 0.25) is 0 Å². The number of amides is 3. The molecule has 222 valence electrons. The van der Waals surface area contributed by atoms with Crippen molar-refractivity contribution in [1.29, 1.82) is 0 Å². The number of nitrogens with one attached hydrogen (secondary N) is 3. The van der Waals surface area contributed by atoms with Gasteiger partial charge in [0.2, 0.25) is 11.9 Å². The molecule has 1 saturated heterocycles. The van der Waals surface area contributed by atoms with Gasteiger partial charge in [0.1, 0.15) is 11.3 Å². The summed E-state index contributed by atoms with van der Waals surface area (Å²) in [5.74, 6) is -0.614. The average Bonchev–Trinajstić information content (AvgIpc) is 3.02. The van der Waals surface area contributed by atoms with E-state index in [4.69, 9.17) is 14.7 Å². The molecule has 13 heteroatoms. The van der Waals surface area contributed by atoms with Crippen LogP contribution in [0, 0.1) is 11.8 Å². The Labute approximate surface area is 250 Å². The molecule has 0 unspecified atom stereocenters. The van der Waals surface area contributed by atoms with Crippen LogP contribution in [0.3, 0.4) is 0 Å². The fourth-order valence-electron chi connectivity index (χ4n) is 4.76. The van der Waals surface area contributed by atoms with E-state index in [1.807, 2.05) is 0 Å². The number of halogens is 2. The summed E-state index contributed by atoms with van der Waals surface area (Å²) < 4.78 is 34.2. The number of morpholine rings is 1. The molecule has 0 aliphatic carbocycles. The molecule has 1 aliphatic heterocycles. The van der Waals surface area contributed by atoms with E-state index in [-0.39, 0.29) is 11.4 Å². The van der Waals surface area contributed by atoms with Gasteiger partial charge in [-0.3, -0.25) is 9.78 Å². The molecule has 3 N–H and O–H groups in total. The Morgan fingerprint density at radius 2 is 1.61 bits per heavy atom. The Balaban J connectivity index is 1.26. The minimum atomic E-state index is -0.679. The summed E-state index contributed by atoms with van der Waals surface area (Å²) in [6.07, 6.45) is 2.98. The van der Waals surface area contributed by atoms with Crippen molar-refractivity contribution in [3.05, 3.63) is 84.8 Å². The lowest BCUT2D eigenvalue weighted by molar-refractivity contribution is -0.114. The zero-order valence-electron chi connectivity index (χ0n) is 23.5. The number of pyridine rings is 2. The Bertz CT molecular complexity index is 1860. The van der Waals surface area contributed by atoms with Gasteiger partial charge in [-0.2, -0.15) is 4.39 Å². The SMILES string of the molecule is CC(=O)Nc1ccc(NC(=O)Nc2ccc(-c3nc(N4CCOCC4)c4ncc(-c5cccnc5F)cc4n3)cc2)cc1F. The normalized spacial score (nSPS) is 13.0. The van der Waals surface area contributed by atoms with Gasteiger partial charge in [-0.15, -0.1) is 0 Å². The second-order valence-electron chi connectivity index (χ2n) is 9.94. The molecule has 1 aliphatic rings. The zero-order valence-corrected chi connectivity index (χ0v) is 23.5. The van der Waals surface area contributed by atoms with Crippen LogP contribution in [-0.4, -0.2) is 58.2 Å². The van der Waals surface area contributed by atoms with Gasteiger partial charge in [-0.05, 0) is 60.7 Å². The topological polar surface area (TPSA) is 134 Å². The van der Waals surface area contributed by atoms with Crippen LogP contribution in [0.5, 0.6) is 0 Å². The highest BCUT2D eigenvalue weighted by atomic mass is 19.1. The zero-order chi connectivity index (χ0) is 30.6. The first-order chi connectivity index (χ1) is 21.3. The predicted molar refractivity (Wildman–Crippen MR) is 162 cm³/mol. The smallest absolute Gasteiger partial charge is 0.323 e. The van der Waals surface area contributed by atoms with Crippen LogP contribution in [0.15, 0.2) is 73.1 Å². The lowest BCUT2D eigenvalue weighted by Crippen LogP contribution is -2.37. The highest BCUT2D eigenvalue weighted by Crippen LogP contribution is 2.31. The second-order valence-corrected chi connectivity index (χ2v) is 9.94. The number of carbonyl (C=O) groups is 2. The summed E-state index contributed by atoms with van der Waals surface area (Å²) in [6, 6.07) is 15.3. The minimum Gasteiger partial charge on any atom is -0.378 e. The number of anilines is 4. The van der Waals surface area contributed by atoms with Crippen LogP contribution >= 0.6 is 0 Å². The molecule has 2 aromatic carbocycles. The largest absolute Gasteiger partial charge is 0.378 e. The third-order valence-electron chi connectivity index (χ3n) is 6.84. The summed E-state index contributed by atoms with van der Waals surface area (Å²) in [6.45, 7) is 3.63. The molecule has 5 aromatic rings. The van der Waals surface area contributed by atoms with Gasteiger partial charge in [0.05, 0.1) is 24.4 Å². The molecule has 1 fully saturated rings. The number of benzene rings is 2. The van der Waals surface area contributed by atoms with Gasteiger partial charge in [0, 0.05) is 60.5 Å². The van der Waals surface area contributed by atoms with E-state index in [0.29, 0.717) is 71.4 Å². The van der Waals surface area contributed by atoms with E-state index >= 15 is 0 Å². The number of ether oxygens (including phenoxy) is 1. The molecule has 44 heavy (non-hydrogen) atoms. The van der Waals surface area contributed by atoms with E-state index in [0.717, 1.165) is 6.07 Å². The first-order valence-corrected chi connectivity index (χ1v) is 13.7. The van der Waals surface area contributed by atoms with Crippen molar-refractivity contribution in [2.24, 2.45) is 0 Å². The molecule has 6 rings (SSSR count). The summed E-state index contributed by atoms with van der Waals surface area (Å²) in [5.41, 5.74) is 3.36. The maximum absolute atomic E-state index is 14.5. The summed E-state index contributed by atoms with van der Waals surface area (Å²) in [4.78, 5) is 43.8. The summed E-state index contributed by atoms with van der Waals surface area (Å²) in [5, 5.41) is 7.64. The van der Waals surface area contributed by atoms with E-state index in [2.05, 4.69) is 30.8 Å². The van der Waals surface area contributed by atoms with Crippen molar-refractivity contribution in [1.82, 2.24) is 19.9 Å². The standard InChI is InChI=1S/C31H26F2N8O3/c1-18(42)36-25-9-8-22(16-24(25)32)38-31(43)37-21-6-4-19(5-7-21)29-39-26-15-20(23-3-2-10-34-28(23)33)17-35-27(26)30(40-29)41-11-13-44-14-12-41/h2-10,15-17H,11-14H2,1H3,(H,36,42)(H2,37,38,43). The second kappa shape index (κ2) is 12.4.